The number of carbonyl (C=O) groups is 1. The molecule has 1 N–H and O–H groups in total. The van der Waals surface area contributed by atoms with E-state index in [4.69, 9.17) is 4.74 Å². The fourth-order valence-electron chi connectivity index (χ4n) is 3.68. The zero-order valence-corrected chi connectivity index (χ0v) is 22.1. The molecule has 3 aromatic rings. The zero-order valence-electron chi connectivity index (χ0n) is 21.1. The molecule has 182 valence electrons. The van der Waals surface area contributed by atoms with E-state index in [1.54, 1.807) is 17.0 Å². The predicted molar refractivity (Wildman–Crippen MR) is 140 cm³/mol. The number of benzene rings is 2. The fraction of sp³-hybridized carbons (Fsp3) is 0.370. The first kappa shape index (κ1) is 24.7. The molecular weight excluding hydrogens is 459 g/mol. The van der Waals surface area contributed by atoms with Gasteiger partial charge in [-0.15, -0.1) is 5.54 Å². The molecule has 2 aromatic carbocycles. The van der Waals surface area contributed by atoms with Gasteiger partial charge in [0.1, 0.15) is 31.6 Å². The lowest BCUT2D eigenvalue weighted by Crippen LogP contribution is -2.50. The molecule has 0 radical (unpaired) electrons. The Kier molecular flexibility index (Phi) is 6.56. The summed E-state index contributed by atoms with van der Waals surface area (Å²) in [5.74, 6) is 3.51. The highest BCUT2D eigenvalue weighted by Crippen LogP contribution is 2.32. The number of amides is 1. The molecule has 0 saturated carbocycles. The quantitative estimate of drug-likeness (QED) is 0.356. The van der Waals surface area contributed by atoms with Gasteiger partial charge >= 0.3 is 6.09 Å². The van der Waals surface area contributed by atoms with Gasteiger partial charge in [0.15, 0.2) is 0 Å². The van der Waals surface area contributed by atoms with Gasteiger partial charge in [-0.3, -0.25) is 0 Å². The van der Waals surface area contributed by atoms with E-state index in [-0.39, 0.29) is 17.8 Å². The molecule has 0 aliphatic carbocycles. The number of nitrogens with zero attached hydrogens (tertiary/aromatic N) is 3. The highest BCUT2D eigenvalue weighted by molar-refractivity contribution is 6.83. The first-order valence-corrected chi connectivity index (χ1v) is 15.2. The number of anilines is 2. The lowest BCUT2D eigenvalue weighted by atomic mass is 9.91. The Morgan fingerprint density at radius 1 is 1.14 bits per heavy atom. The van der Waals surface area contributed by atoms with Crippen LogP contribution in [0.15, 0.2) is 42.7 Å². The Morgan fingerprint density at radius 2 is 1.89 bits per heavy atom. The van der Waals surface area contributed by atoms with Crippen molar-refractivity contribution in [3.8, 4) is 11.5 Å². The smallest absolute Gasteiger partial charge is 0.410 e. The van der Waals surface area contributed by atoms with Crippen molar-refractivity contribution < 1.29 is 13.9 Å². The van der Waals surface area contributed by atoms with Crippen LogP contribution in [-0.2, 0) is 4.74 Å². The number of likely N-dealkylation sites (tertiary alicyclic amines) is 1. The Morgan fingerprint density at radius 3 is 2.57 bits per heavy atom. The van der Waals surface area contributed by atoms with Gasteiger partial charge in [-0.25, -0.2) is 19.2 Å². The summed E-state index contributed by atoms with van der Waals surface area (Å²) >= 11 is 0. The van der Waals surface area contributed by atoms with E-state index >= 15 is 0 Å². The van der Waals surface area contributed by atoms with Crippen molar-refractivity contribution in [2.75, 3.05) is 18.4 Å². The van der Waals surface area contributed by atoms with Crippen LogP contribution in [0.5, 0.6) is 0 Å². The van der Waals surface area contributed by atoms with E-state index in [2.05, 4.69) is 46.4 Å². The molecule has 1 fully saturated rings. The van der Waals surface area contributed by atoms with Gasteiger partial charge in [-0.05, 0) is 56.7 Å². The van der Waals surface area contributed by atoms with Crippen molar-refractivity contribution in [2.45, 2.75) is 51.9 Å². The largest absolute Gasteiger partial charge is 0.444 e. The summed E-state index contributed by atoms with van der Waals surface area (Å²) in [6.07, 6.45) is 1.16. The number of aromatic nitrogens is 2. The first-order chi connectivity index (χ1) is 16.4. The third-order valence-electron chi connectivity index (χ3n) is 5.47. The minimum absolute atomic E-state index is 0.192. The minimum atomic E-state index is -1.55. The molecule has 1 aliphatic rings. The van der Waals surface area contributed by atoms with E-state index in [1.807, 2.05) is 39.0 Å². The summed E-state index contributed by atoms with van der Waals surface area (Å²) in [5.41, 5.74) is 5.70. The molecular formula is C27H31FN4O2Si. The van der Waals surface area contributed by atoms with Crippen molar-refractivity contribution in [1.82, 2.24) is 14.9 Å². The van der Waals surface area contributed by atoms with E-state index < -0.39 is 13.7 Å². The van der Waals surface area contributed by atoms with Gasteiger partial charge in [0.25, 0.3) is 0 Å². The molecule has 0 bridgehead atoms. The lowest BCUT2D eigenvalue weighted by molar-refractivity contribution is 0.00820. The molecule has 1 aliphatic heterocycles. The van der Waals surface area contributed by atoms with Crippen LogP contribution in [-0.4, -0.2) is 47.7 Å². The number of hydrogen-bond acceptors (Lipinski definition) is 5. The zero-order chi connectivity index (χ0) is 25.4. The predicted octanol–water partition coefficient (Wildman–Crippen LogP) is 6.08. The van der Waals surface area contributed by atoms with Crippen molar-refractivity contribution in [3.63, 3.8) is 0 Å². The first-order valence-electron chi connectivity index (χ1n) is 11.7. The van der Waals surface area contributed by atoms with Gasteiger partial charge in [0.2, 0.25) is 0 Å². The van der Waals surface area contributed by atoms with Crippen LogP contribution in [0.2, 0.25) is 19.6 Å². The van der Waals surface area contributed by atoms with Crippen LogP contribution in [0, 0.1) is 17.3 Å². The maximum atomic E-state index is 14.6. The maximum absolute atomic E-state index is 14.6. The number of nitrogens with one attached hydrogen (secondary N) is 1. The lowest BCUT2D eigenvalue weighted by Gasteiger charge is -2.40. The molecule has 4 rings (SSSR count). The van der Waals surface area contributed by atoms with Crippen LogP contribution < -0.4 is 5.32 Å². The summed E-state index contributed by atoms with van der Waals surface area (Å²) in [6, 6.07) is 10.8. The van der Waals surface area contributed by atoms with Crippen molar-refractivity contribution in [1.29, 1.82) is 0 Å². The molecule has 1 amide bonds. The molecule has 8 heteroatoms. The van der Waals surface area contributed by atoms with Crippen molar-refractivity contribution >= 4 is 36.6 Å². The Labute approximate surface area is 206 Å². The normalized spacial score (nSPS) is 14.2. The highest BCUT2D eigenvalue weighted by atomic mass is 28.3. The van der Waals surface area contributed by atoms with Gasteiger partial charge in [0, 0.05) is 30.0 Å². The van der Waals surface area contributed by atoms with E-state index in [9.17, 15) is 9.18 Å². The third-order valence-corrected chi connectivity index (χ3v) is 6.34. The number of ether oxygens (including phenoxy) is 1. The molecule has 1 aromatic heterocycles. The standard InChI is InChI=1S/C27H31FN4O2Si/c1-27(2,3)34-26(33)32-15-20(16-32)19-8-10-23-21(14-19)25(30-17-29-23)31-24-13-18(7-9-22(24)28)11-12-35(4,5)6/h7-10,13-14,17,20H,15-16H2,1-6H3,(H,29,30,31). The Balaban J connectivity index is 1.56. The van der Waals surface area contributed by atoms with E-state index in [1.165, 1.54) is 12.4 Å². The average Bonchev–Trinajstić information content (AvgIpc) is 2.71. The van der Waals surface area contributed by atoms with Gasteiger partial charge in [0.05, 0.1) is 11.2 Å². The number of carbonyl (C=O) groups excluding carboxylic acids is 1. The second kappa shape index (κ2) is 9.31. The number of hydrogen-bond donors (Lipinski definition) is 1. The minimum Gasteiger partial charge on any atom is -0.444 e. The van der Waals surface area contributed by atoms with Crippen LogP contribution in [0.25, 0.3) is 10.9 Å². The summed E-state index contributed by atoms with van der Waals surface area (Å²) in [6.45, 7) is 13.3. The summed E-state index contributed by atoms with van der Waals surface area (Å²) < 4.78 is 20.1. The second-order valence-electron chi connectivity index (χ2n) is 10.9. The molecule has 0 spiro atoms. The van der Waals surface area contributed by atoms with Crippen LogP contribution in [0.3, 0.4) is 0 Å². The van der Waals surface area contributed by atoms with E-state index in [0.717, 1.165) is 22.0 Å². The Bertz CT molecular complexity index is 1330. The molecule has 6 nitrogen and oxygen atoms in total. The van der Waals surface area contributed by atoms with Gasteiger partial charge in [-0.2, -0.15) is 0 Å². The topological polar surface area (TPSA) is 67.3 Å². The second-order valence-corrected chi connectivity index (χ2v) is 15.7. The van der Waals surface area contributed by atoms with Crippen LogP contribution in [0.1, 0.15) is 37.8 Å². The summed E-state index contributed by atoms with van der Waals surface area (Å²) in [5, 5.41) is 3.93. The Hall–Kier alpha value is -3.44. The SMILES string of the molecule is CC(C)(C)OC(=O)N1CC(c2ccc3ncnc(Nc4cc(C#C[Si](C)(C)C)ccc4F)c3c2)C1. The monoisotopic (exact) mass is 490 g/mol. The van der Waals surface area contributed by atoms with Crippen LogP contribution >= 0.6 is 0 Å². The molecule has 0 atom stereocenters. The number of fused-ring (bicyclic) bond motifs is 1. The fourth-order valence-corrected chi connectivity index (χ4v) is 4.20. The van der Waals surface area contributed by atoms with Crippen molar-refractivity contribution in [3.05, 3.63) is 59.7 Å². The van der Waals surface area contributed by atoms with E-state index in [0.29, 0.717) is 24.6 Å². The molecule has 1 saturated heterocycles. The summed E-state index contributed by atoms with van der Waals surface area (Å²) in [7, 11) is -1.55. The van der Waals surface area contributed by atoms with Gasteiger partial charge < -0.3 is 15.0 Å². The number of rotatable bonds is 3. The molecule has 0 unspecified atom stereocenters. The molecule has 2 heterocycles. The summed E-state index contributed by atoms with van der Waals surface area (Å²) in [4.78, 5) is 22.7. The van der Waals surface area contributed by atoms with Crippen LogP contribution in [0.4, 0.5) is 20.7 Å². The molecule has 35 heavy (non-hydrogen) atoms. The maximum Gasteiger partial charge on any atom is 0.410 e. The third kappa shape index (κ3) is 6.17. The van der Waals surface area contributed by atoms with Crippen molar-refractivity contribution in [2.24, 2.45) is 0 Å². The highest BCUT2D eigenvalue weighted by Gasteiger charge is 2.34. The van der Waals surface area contributed by atoms with Gasteiger partial charge in [-0.1, -0.05) is 31.6 Å². The number of halogens is 1. The average molecular weight is 491 g/mol.